The fraction of sp³-hybridized carbons (Fsp3) is 0. The van der Waals surface area contributed by atoms with Crippen LogP contribution in [0.15, 0.2) is 97.0 Å². The Morgan fingerprint density at radius 1 is 0.480 bits per heavy atom. The monoisotopic (exact) mass is 624 g/mol. The normalized spacial score (nSPS) is 13.6. The topological polar surface area (TPSA) is 56.3 Å². The van der Waals surface area contributed by atoms with Crippen molar-refractivity contribution in [3.8, 4) is 56.6 Å². The van der Waals surface area contributed by atoms with Gasteiger partial charge in [0.2, 0.25) is 13.4 Å². The zero-order valence-electron chi connectivity index (χ0n) is 28.0. The maximum Gasteiger partial charge on any atom is 0.244 e. The Morgan fingerprint density at radius 3 is 1.54 bits per heavy atom. The molecule has 0 saturated carbocycles. The van der Waals surface area contributed by atoms with Crippen LogP contribution in [0.25, 0.3) is 86.5 Å². The van der Waals surface area contributed by atoms with Crippen LogP contribution >= 0.6 is 0 Å². The highest BCUT2D eigenvalue weighted by Crippen LogP contribution is 2.47. The summed E-state index contributed by atoms with van der Waals surface area (Å²) in [7, 11) is 0. The molecule has 12 rings (SSSR count). The van der Waals surface area contributed by atoms with Crippen LogP contribution < -0.4 is 32.8 Å². The predicted octanol–water partition coefficient (Wildman–Crippen LogP) is 6.38. The highest BCUT2D eigenvalue weighted by molar-refractivity contribution is 7.03. The summed E-state index contributed by atoms with van der Waals surface area (Å²) in [4.78, 5) is 7.58. The van der Waals surface area contributed by atoms with E-state index < -0.39 is 0 Å². The summed E-state index contributed by atoms with van der Waals surface area (Å²) in [5.41, 5.74) is 16.1. The van der Waals surface area contributed by atoms with Crippen molar-refractivity contribution >= 4 is 89.9 Å². The van der Waals surface area contributed by atoms with Crippen molar-refractivity contribution in [1.29, 1.82) is 10.5 Å². The van der Waals surface area contributed by atoms with E-state index in [9.17, 15) is 13.3 Å². The first kappa shape index (κ1) is 24.1. The van der Waals surface area contributed by atoms with E-state index in [4.69, 9.17) is 13.1 Å². The third-order valence-corrected chi connectivity index (χ3v) is 11.7. The molecule has 0 amide bonds. The molecule has 0 unspecified atom stereocenters. The first-order chi connectivity index (χ1) is 25.4. The Labute approximate surface area is 290 Å². The van der Waals surface area contributed by atoms with E-state index in [1.54, 1.807) is 0 Å². The van der Waals surface area contributed by atoms with E-state index in [1.165, 1.54) is 0 Å². The Balaban J connectivity index is 1.28. The van der Waals surface area contributed by atoms with Crippen molar-refractivity contribution in [3.63, 3.8) is 0 Å². The lowest BCUT2D eigenvalue weighted by molar-refractivity contribution is 1.49. The molecule has 4 heterocycles. The van der Waals surface area contributed by atoms with Gasteiger partial charge in [-0.15, -0.1) is 0 Å². The van der Waals surface area contributed by atoms with Crippen molar-refractivity contribution < 1.29 is 2.74 Å². The van der Waals surface area contributed by atoms with Gasteiger partial charge < -0.3 is 0 Å². The average molecular weight is 624 g/mol. The zero-order valence-corrected chi connectivity index (χ0v) is 26.0. The van der Waals surface area contributed by atoms with Crippen molar-refractivity contribution in [2.45, 2.75) is 0 Å². The second kappa shape index (κ2) is 8.48. The molecule has 0 aliphatic carbocycles. The zero-order chi connectivity index (χ0) is 34.9. The number of rotatable bonds is 0. The van der Waals surface area contributed by atoms with E-state index in [2.05, 4.69) is 34.0 Å². The maximum atomic E-state index is 10.2. The van der Waals surface area contributed by atoms with Crippen LogP contribution in [-0.2, 0) is 0 Å². The van der Waals surface area contributed by atoms with Crippen molar-refractivity contribution in [2.24, 2.45) is 0 Å². The molecule has 6 heteroatoms. The molecule has 50 heavy (non-hydrogen) atoms. The largest absolute Gasteiger partial charge is 0.244 e. The molecule has 8 aromatic carbocycles. The lowest BCUT2D eigenvalue weighted by atomic mass is 9.34. The predicted molar refractivity (Wildman–Crippen MR) is 203 cm³/mol. The first-order valence-electron chi connectivity index (χ1n) is 17.4. The molecular weight excluding hydrogens is 606 g/mol. The van der Waals surface area contributed by atoms with Gasteiger partial charge in [-0.25, -0.2) is 9.69 Å². The van der Waals surface area contributed by atoms with Crippen molar-refractivity contribution in [2.75, 3.05) is 0 Å². The minimum absolute atomic E-state index is 0.157. The lowest BCUT2D eigenvalue weighted by Gasteiger charge is -2.31. The Morgan fingerprint density at radius 2 is 0.960 bits per heavy atom. The number of hydrogen-bond donors (Lipinski definition) is 0. The van der Waals surface area contributed by atoms with Crippen LogP contribution in [0, 0.1) is 35.8 Å². The molecule has 0 spiro atoms. The number of benzene rings is 8. The molecule has 4 aliphatic rings. The third kappa shape index (κ3) is 2.78. The minimum atomic E-state index is -0.158. The molecule has 0 fully saturated rings. The molecule has 0 atom stereocenters. The summed E-state index contributed by atoms with van der Waals surface area (Å²) in [6, 6.07) is 33.1. The minimum Gasteiger partial charge on any atom is -0.238 e. The van der Waals surface area contributed by atoms with Gasteiger partial charge in [0.1, 0.15) is 0 Å². The number of fused-ring (bicyclic) bond motifs is 10. The Bertz CT molecular complexity index is 3120. The summed E-state index contributed by atoms with van der Waals surface area (Å²) < 4.78 is 19.2. The quantitative estimate of drug-likeness (QED) is 0.112. The molecule has 8 aromatic rings. The summed E-state index contributed by atoms with van der Waals surface area (Å²) in [5, 5.41) is 25.6. The third-order valence-electron chi connectivity index (χ3n) is 11.7. The lowest BCUT2D eigenvalue weighted by Crippen LogP contribution is -2.52. The number of hydrogen-bond acceptors (Lipinski definition) is 2. The van der Waals surface area contributed by atoms with Crippen molar-refractivity contribution in [3.05, 3.63) is 131 Å². The molecule has 0 bridgehead atoms. The molecule has 4 aliphatic heterocycles. The molecule has 4 nitrogen and oxygen atoms in total. The van der Waals surface area contributed by atoms with Gasteiger partial charge in [-0.1, -0.05) is 87.3 Å². The van der Waals surface area contributed by atoms with E-state index in [1.807, 2.05) is 72.8 Å². The van der Waals surface area contributed by atoms with Crippen LogP contribution in [0.4, 0.5) is 11.4 Å². The molecule has 218 valence electrons. The summed E-state index contributed by atoms with van der Waals surface area (Å²) in [6.07, 6.45) is 0. The van der Waals surface area contributed by atoms with Gasteiger partial charge in [-0.3, -0.25) is 0 Å². The van der Waals surface area contributed by atoms with Gasteiger partial charge in [0.25, 0.3) is 0 Å². The summed E-state index contributed by atoms with van der Waals surface area (Å²) in [5.74, 6) is 0. The molecule has 0 saturated heterocycles. The van der Waals surface area contributed by atoms with E-state index in [0.29, 0.717) is 34.6 Å². The van der Waals surface area contributed by atoms with Crippen molar-refractivity contribution in [1.82, 2.24) is 0 Å². The average Bonchev–Trinajstić information content (AvgIpc) is 3.68. The van der Waals surface area contributed by atoms with Gasteiger partial charge in [0.05, 0.1) is 39.2 Å². The van der Waals surface area contributed by atoms with E-state index in [-0.39, 0.29) is 13.4 Å². The van der Waals surface area contributed by atoms with E-state index >= 15 is 0 Å². The highest BCUT2D eigenvalue weighted by Gasteiger charge is 2.44. The molecular formula is C44H16B2N4. The van der Waals surface area contributed by atoms with Crippen LogP contribution in [0.3, 0.4) is 0 Å². The SMILES string of the molecule is [2H]c1cc2c3c(cc4c([2H])cc5c6c(cc1c3c46)B1c3ccc(C#N)cc3-c3cc([N+]#[C-])cc-5c31)B1c3ccc([N+]#[C-])cc3-c3cc(C#N)cc-2c31. The fourth-order valence-corrected chi connectivity index (χ4v) is 9.91. The Kier molecular flexibility index (Phi) is 4.09. The van der Waals surface area contributed by atoms with Crippen LogP contribution in [0.2, 0.25) is 0 Å². The second-order valence-corrected chi connectivity index (χ2v) is 13.8. The highest BCUT2D eigenvalue weighted by atomic mass is 14.6. The maximum absolute atomic E-state index is 10.2. The standard InChI is InChI=1S/C44H16B2N4/c1-49-25-6-10-36-30(16-25)32-13-22(20-48)12-31-27-7-4-23-15-38-42-28(8-5-24-14-37(46(36)43(31)32)41(27)39(23)40(24)42)33-17-26(50-2)18-34-29-11-21(19-47)3-9-35(29)45(38)44(33)34/h3-18H/i4D,5D. The Hall–Kier alpha value is -7.11. The van der Waals surface area contributed by atoms with Crippen LogP contribution in [0.1, 0.15) is 13.9 Å². The van der Waals surface area contributed by atoms with Gasteiger partial charge in [0, 0.05) is 0 Å². The van der Waals surface area contributed by atoms with E-state index in [0.717, 1.165) is 110 Å². The first-order valence-corrected chi connectivity index (χ1v) is 16.4. The number of nitriles is 2. The smallest absolute Gasteiger partial charge is 0.238 e. The van der Waals surface area contributed by atoms with Crippen LogP contribution in [0.5, 0.6) is 0 Å². The summed E-state index contributed by atoms with van der Waals surface area (Å²) in [6.45, 7) is 15.4. The van der Waals surface area contributed by atoms with Gasteiger partial charge in [-0.05, 0) is 119 Å². The molecule has 0 radical (unpaired) electrons. The summed E-state index contributed by atoms with van der Waals surface area (Å²) >= 11 is 0. The van der Waals surface area contributed by atoms with Gasteiger partial charge >= 0.3 is 0 Å². The fourth-order valence-electron chi connectivity index (χ4n) is 9.91. The van der Waals surface area contributed by atoms with Gasteiger partial charge in [0.15, 0.2) is 11.4 Å². The second-order valence-electron chi connectivity index (χ2n) is 13.8. The van der Waals surface area contributed by atoms with Crippen LogP contribution in [-0.4, -0.2) is 13.4 Å². The van der Waals surface area contributed by atoms with Gasteiger partial charge in [-0.2, -0.15) is 10.5 Å². The number of nitrogens with zero attached hydrogens (tertiary/aromatic N) is 4. The molecule has 0 aromatic heterocycles. The molecule has 0 N–H and O–H groups in total.